The maximum Gasteiger partial charge on any atom is 0.252 e. The van der Waals surface area contributed by atoms with Gasteiger partial charge in [0.1, 0.15) is 5.60 Å². The first-order chi connectivity index (χ1) is 10.2. The van der Waals surface area contributed by atoms with E-state index in [2.05, 4.69) is 23.5 Å². The average Bonchev–Trinajstić information content (AvgIpc) is 3.07. The summed E-state index contributed by atoms with van der Waals surface area (Å²) >= 11 is 0. The van der Waals surface area contributed by atoms with Crippen molar-refractivity contribution in [1.29, 1.82) is 0 Å². The van der Waals surface area contributed by atoms with E-state index >= 15 is 0 Å². The topological polar surface area (TPSA) is 49.3 Å². The Hall–Kier alpha value is -1.35. The van der Waals surface area contributed by atoms with Crippen molar-refractivity contribution in [1.82, 2.24) is 5.32 Å². The zero-order chi connectivity index (χ0) is 14.4. The Morgan fingerprint density at radius 3 is 2.86 bits per heavy atom. The monoisotopic (exact) mass is 285 g/mol. The summed E-state index contributed by atoms with van der Waals surface area (Å²) in [6.45, 7) is 0. The fourth-order valence-electron chi connectivity index (χ4n) is 4.60. The number of nitrogens with one attached hydrogen (secondary N) is 1. The third kappa shape index (κ3) is 2.10. The molecule has 0 heterocycles. The van der Waals surface area contributed by atoms with Gasteiger partial charge in [0.05, 0.1) is 6.04 Å². The van der Waals surface area contributed by atoms with E-state index < -0.39 is 5.60 Å². The highest BCUT2D eigenvalue weighted by Gasteiger charge is 2.42. The van der Waals surface area contributed by atoms with Gasteiger partial charge in [-0.25, -0.2) is 0 Å². The molecule has 3 heteroatoms. The Kier molecular flexibility index (Phi) is 3.07. The Bertz CT molecular complexity index is 575. The number of hydrogen-bond acceptors (Lipinski definition) is 2. The summed E-state index contributed by atoms with van der Waals surface area (Å²) in [7, 11) is 0. The summed E-state index contributed by atoms with van der Waals surface area (Å²) in [5.74, 6) is 0.453. The fraction of sp³-hybridized carbons (Fsp3) is 0.611. The number of rotatable bonds is 2. The van der Waals surface area contributed by atoms with E-state index in [0.29, 0.717) is 18.8 Å². The predicted octanol–water partition coefficient (Wildman–Crippen LogP) is 2.97. The zero-order valence-electron chi connectivity index (χ0n) is 12.4. The quantitative estimate of drug-likeness (QED) is 0.877. The second-order valence-corrected chi connectivity index (χ2v) is 7.01. The van der Waals surface area contributed by atoms with Gasteiger partial charge in [-0.05, 0) is 74.0 Å². The van der Waals surface area contributed by atoms with E-state index in [1.54, 1.807) is 0 Å². The van der Waals surface area contributed by atoms with Crippen LogP contribution in [-0.4, -0.2) is 16.6 Å². The molecule has 1 amide bonds. The summed E-state index contributed by atoms with van der Waals surface area (Å²) in [6.07, 6.45) is 7.81. The number of benzene rings is 1. The lowest BCUT2D eigenvalue weighted by molar-refractivity contribution is -0.140. The number of hydrogen-bond donors (Lipinski definition) is 2. The van der Waals surface area contributed by atoms with E-state index in [1.807, 2.05) is 0 Å². The standard InChI is InChI=1S/C18H23NO2/c20-17(18(21)9-1-2-10-18)19-15-11-13-7-3-5-12-6-4-8-14(15)16(12)13/h4,6,8,13,15,21H,1-3,5,7,9-11H2,(H,19,20). The molecule has 4 rings (SSSR count). The first-order valence-electron chi connectivity index (χ1n) is 8.32. The van der Waals surface area contributed by atoms with Gasteiger partial charge in [-0.15, -0.1) is 0 Å². The third-order valence-corrected chi connectivity index (χ3v) is 5.69. The molecule has 0 aliphatic heterocycles. The van der Waals surface area contributed by atoms with Crippen LogP contribution in [0.4, 0.5) is 0 Å². The van der Waals surface area contributed by atoms with Crippen LogP contribution in [0.2, 0.25) is 0 Å². The number of carbonyl (C=O) groups excluding carboxylic acids is 1. The Labute approximate surface area is 125 Å². The predicted molar refractivity (Wildman–Crippen MR) is 81.0 cm³/mol. The molecule has 0 saturated heterocycles. The molecule has 1 fully saturated rings. The van der Waals surface area contributed by atoms with E-state index in [-0.39, 0.29) is 11.9 Å². The molecular formula is C18H23NO2. The van der Waals surface area contributed by atoms with E-state index in [0.717, 1.165) is 19.3 Å². The van der Waals surface area contributed by atoms with Crippen LogP contribution in [0.3, 0.4) is 0 Å². The highest BCUT2D eigenvalue weighted by atomic mass is 16.3. The van der Waals surface area contributed by atoms with Gasteiger partial charge in [-0.2, -0.15) is 0 Å². The van der Waals surface area contributed by atoms with Crippen molar-refractivity contribution < 1.29 is 9.90 Å². The molecule has 1 aromatic rings. The van der Waals surface area contributed by atoms with Crippen molar-refractivity contribution in [2.45, 2.75) is 68.9 Å². The molecule has 112 valence electrons. The lowest BCUT2D eigenvalue weighted by Crippen LogP contribution is -2.45. The molecule has 3 aliphatic carbocycles. The van der Waals surface area contributed by atoms with Gasteiger partial charge in [0.2, 0.25) is 0 Å². The van der Waals surface area contributed by atoms with Crippen molar-refractivity contribution in [2.24, 2.45) is 0 Å². The van der Waals surface area contributed by atoms with Gasteiger partial charge in [-0.3, -0.25) is 4.79 Å². The minimum absolute atomic E-state index is 0.0974. The SMILES string of the molecule is O=C(NC1CC2CCCc3cccc1c32)C1(O)CCCC1. The van der Waals surface area contributed by atoms with Crippen molar-refractivity contribution in [3.63, 3.8) is 0 Å². The molecule has 2 N–H and O–H groups in total. The molecular weight excluding hydrogens is 262 g/mol. The van der Waals surface area contributed by atoms with Crippen molar-refractivity contribution >= 4 is 5.91 Å². The minimum Gasteiger partial charge on any atom is -0.380 e. The lowest BCUT2D eigenvalue weighted by Gasteiger charge is -2.24. The smallest absolute Gasteiger partial charge is 0.252 e. The van der Waals surface area contributed by atoms with Crippen molar-refractivity contribution in [3.8, 4) is 0 Å². The molecule has 1 saturated carbocycles. The van der Waals surface area contributed by atoms with Gasteiger partial charge in [-0.1, -0.05) is 18.2 Å². The number of aliphatic hydroxyl groups is 1. The average molecular weight is 285 g/mol. The van der Waals surface area contributed by atoms with Crippen molar-refractivity contribution in [2.75, 3.05) is 0 Å². The highest BCUT2D eigenvalue weighted by molar-refractivity contribution is 5.85. The van der Waals surface area contributed by atoms with Crippen LogP contribution in [0.1, 0.15) is 73.6 Å². The Morgan fingerprint density at radius 2 is 2.05 bits per heavy atom. The van der Waals surface area contributed by atoms with E-state index in [1.165, 1.54) is 36.0 Å². The highest BCUT2D eigenvalue weighted by Crippen LogP contribution is 2.47. The first kappa shape index (κ1) is 13.3. The van der Waals surface area contributed by atoms with Crippen LogP contribution in [0, 0.1) is 0 Å². The molecule has 0 radical (unpaired) electrons. The fourth-order valence-corrected chi connectivity index (χ4v) is 4.60. The molecule has 0 bridgehead atoms. The summed E-state index contributed by atoms with van der Waals surface area (Å²) in [5, 5.41) is 13.6. The maximum absolute atomic E-state index is 12.5. The zero-order valence-corrected chi connectivity index (χ0v) is 12.4. The normalized spacial score (nSPS) is 29.2. The summed E-state index contributed by atoms with van der Waals surface area (Å²) in [6, 6.07) is 6.61. The lowest BCUT2D eigenvalue weighted by atomic mass is 9.84. The van der Waals surface area contributed by atoms with E-state index in [4.69, 9.17) is 0 Å². The van der Waals surface area contributed by atoms with Gasteiger partial charge < -0.3 is 10.4 Å². The first-order valence-corrected chi connectivity index (χ1v) is 8.32. The van der Waals surface area contributed by atoms with Gasteiger partial charge in [0, 0.05) is 0 Å². The molecule has 2 atom stereocenters. The molecule has 3 aliphatic rings. The maximum atomic E-state index is 12.5. The number of carbonyl (C=O) groups is 1. The second kappa shape index (κ2) is 4.84. The minimum atomic E-state index is -1.12. The molecule has 3 nitrogen and oxygen atoms in total. The van der Waals surface area contributed by atoms with Gasteiger partial charge in [0.25, 0.3) is 5.91 Å². The van der Waals surface area contributed by atoms with Gasteiger partial charge in [0.15, 0.2) is 0 Å². The summed E-state index contributed by atoms with van der Waals surface area (Å²) < 4.78 is 0. The Morgan fingerprint density at radius 1 is 1.24 bits per heavy atom. The van der Waals surface area contributed by atoms with Crippen LogP contribution < -0.4 is 5.32 Å². The van der Waals surface area contributed by atoms with Crippen LogP contribution >= 0.6 is 0 Å². The van der Waals surface area contributed by atoms with Crippen LogP contribution in [0.5, 0.6) is 0 Å². The van der Waals surface area contributed by atoms with Crippen molar-refractivity contribution in [3.05, 3.63) is 34.9 Å². The number of aryl methyl sites for hydroxylation is 1. The largest absolute Gasteiger partial charge is 0.380 e. The number of amides is 1. The Balaban J connectivity index is 1.58. The summed E-state index contributed by atoms with van der Waals surface area (Å²) in [5.41, 5.74) is 3.15. The van der Waals surface area contributed by atoms with Crippen LogP contribution in [0.25, 0.3) is 0 Å². The molecule has 0 spiro atoms. The molecule has 2 unspecified atom stereocenters. The van der Waals surface area contributed by atoms with Crippen LogP contribution in [0.15, 0.2) is 18.2 Å². The van der Waals surface area contributed by atoms with Crippen LogP contribution in [-0.2, 0) is 11.2 Å². The molecule has 21 heavy (non-hydrogen) atoms. The third-order valence-electron chi connectivity index (χ3n) is 5.69. The summed E-state index contributed by atoms with van der Waals surface area (Å²) in [4.78, 5) is 12.5. The van der Waals surface area contributed by atoms with E-state index in [9.17, 15) is 9.90 Å². The molecule has 1 aromatic carbocycles. The second-order valence-electron chi connectivity index (χ2n) is 7.01. The molecule has 0 aromatic heterocycles. The van der Waals surface area contributed by atoms with Gasteiger partial charge >= 0.3 is 0 Å².